The quantitative estimate of drug-likeness (QED) is 0.696. The van der Waals surface area contributed by atoms with Crippen molar-refractivity contribution >= 4 is 17.2 Å². The molecule has 132 valence electrons. The number of fused-ring (bicyclic) bond motifs is 2. The van der Waals surface area contributed by atoms with Gasteiger partial charge < -0.3 is 18.9 Å². The van der Waals surface area contributed by atoms with E-state index in [0.717, 1.165) is 34.2 Å². The minimum Gasteiger partial charge on any atom is -0.486 e. The highest BCUT2D eigenvalue weighted by molar-refractivity contribution is 7.12. The summed E-state index contributed by atoms with van der Waals surface area (Å²) < 4.78 is 13.6. The Bertz CT molecular complexity index is 948. The Morgan fingerprint density at radius 3 is 2.77 bits per heavy atom. The van der Waals surface area contributed by atoms with Gasteiger partial charge in [0.1, 0.15) is 13.2 Å². The number of carbonyl (C=O) groups excluding carboxylic acids is 1. The smallest absolute Gasteiger partial charge is 0.264 e. The molecule has 1 amide bonds. The first-order valence-corrected chi connectivity index (χ1v) is 9.58. The monoisotopic (exact) mass is 366 g/mol. The fraction of sp³-hybridized carbons (Fsp3) is 0.250. The molecular weight excluding hydrogens is 348 g/mol. The zero-order valence-electron chi connectivity index (χ0n) is 14.1. The van der Waals surface area contributed by atoms with Crippen LogP contribution >= 0.6 is 11.3 Å². The highest BCUT2D eigenvalue weighted by Gasteiger charge is 2.33. The van der Waals surface area contributed by atoms with Crippen molar-refractivity contribution in [1.82, 2.24) is 9.47 Å². The maximum absolute atomic E-state index is 13.1. The summed E-state index contributed by atoms with van der Waals surface area (Å²) in [5, 5.41) is 1.94. The lowest BCUT2D eigenvalue weighted by Crippen LogP contribution is -2.42. The highest BCUT2D eigenvalue weighted by atomic mass is 32.1. The lowest BCUT2D eigenvalue weighted by atomic mass is 9.99. The van der Waals surface area contributed by atoms with Crippen molar-refractivity contribution in [2.75, 3.05) is 19.8 Å². The number of ether oxygens (including phenoxy) is 2. The van der Waals surface area contributed by atoms with Crippen LogP contribution in [0.2, 0.25) is 0 Å². The van der Waals surface area contributed by atoms with Crippen LogP contribution in [0.3, 0.4) is 0 Å². The molecule has 0 aliphatic carbocycles. The van der Waals surface area contributed by atoms with E-state index in [9.17, 15) is 4.79 Å². The van der Waals surface area contributed by atoms with E-state index in [1.807, 2.05) is 46.7 Å². The second kappa shape index (κ2) is 6.21. The van der Waals surface area contributed by atoms with Gasteiger partial charge in [-0.2, -0.15) is 0 Å². The Hall–Kier alpha value is -2.73. The standard InChI is InChI=1S/C20H18N2O3S/c23-20(18-4-2-12-26-18)22-9-8-21-7-1-3-15(21)19(22)14-5-6-16-17(13-14)25-11-10-24-16/h1-7,12-13,19H,8-11H2. The first kappa shape index (κ1) is 15.5. The molecule has 26 heavy (non-hydrogen) atoms. The van der Waals surface area contributed by atoms with E-state index >= 15 is 0 Å². The van der Waals surface area contributed by atoms with Crippen LogP contribution in [0.1, 0.15) is 27.0 Å². The number of amides is 1. The maximum Gasteiger partial charge on any atom is 0.264 e. The van der Waals surface area contributed by atoms with Gasteiger partial charge in [-0.1, -0.05) is 12.1 Å². The van der Waals surface area contributed by atoms with Crippen LogP contribution in [-0.4, -0.2) is 35.1 Å². The van der Waals surface area contributed by atoms with Crippen LogP contribution in [0, 0.1) is 0 Å². The number of thiophene rings is 1. The minimum atomic E-state index is -0.135. The second-order valence-electron chi connectivity index (χ2n) is 6.41. The Balaban J connectivity index is 1.59. The Labute approximate surface area is 155 Å². The summed E-state index contributed by atoms with van der Waals surface area (Å²) >= 11 is 1.49. The Morgan fingerprint density at radius 2 is 1.92 bits per heavy atom. The molecule has 5 rings (SSSR count). The molecule has 0 saturated carbocycles. The Kier molecular flexibility index (Phi) is 3.71. The summed E-state index contributed by atoms with van der Waals surface area (Å²) in [6.45, 7) is 2.61. The predicted molar refractivity (Wildman–Crippen MR) is 99.1 cm³/mol. The van der Waals surface area contributed by atoms with Crippen LogP contribution in [0.5, 0.6) is 11.5 Å². The van der Waals surface area contributed by atoms with Crippen molar-refractivity contribution < 1.29 is 14.3 Å². The van der Waals surface area contributed by atoms with Crippen LogP contribution < -0.4 is 9.47 Å². The molecule has 1 atom stereocenters. The molecule has 0 spiro atoms. The van der Waals surface area contributed by atoms with E-state index in [1.54, 1.807) is 0 Å². The number of benzene rings is 1. The number of hydrogen-bond acceptors (Lipinski definition) is 4. The first-order valence-electron chi connectivity index (χ1n) is 8.70. The third-order valence-corrected chi connectivity index (χ3v) is 5.77. The van der Waals surface area contributed by atoms with E-state index in [-0.39, 0.29) is 11.9 Å². The normalized spacial score (nSPS) is 18.5. The van der Waals surface area contributed by atoms with E-state index in [2.05, 4.69) is 16.8 Å². The number of carbonyl (C=O) groups is 1. The van der Waals surface area contributed by atoms with Crippen molar-refractivity contribution in [2.45, 2.75) is 12.6 Å². The molecule has 1 aromatic carbocycles. The predicted octanol–water partition coefficient (Wildman–Crippen LogP) is 3.57. The fourth-order valence-corrected chi connectivity index (χ4v) is 4.40. The lowest BCUT2D eigenvalue weighted by molar-refractivity contribution is 0.0668. The van der Waals surface area contributed by atoms with Crippen LogP contribution in [0.4, 0.5) is 0 Å². The number of hydrogen-bond donors (Lipinski definition) is 0. The fourth-order valence-electron chi connectivity index (χ4n) is 3.72. The van der Waals surface area contributed by atoms with Crippen molar-refractivity contribution in [3.8, 4) is 11.5 Å². The van der Waals surface area contributed by atoms with Crippen molar-refractivity contribution in [1.29, 1.82) is 0 Å². The van der Waals surface area contributed by atoms with Gasteiger partial charge in [0, 0.05) is 25.0 Å². The van der Waals surface area contributed by atoms with Gasteiger partial charge in [0.05, 0.1) is 10.9 Å². The third kappa shape index (κ3) is 2.49. The first-order chi connectivity index (χ1) is 12.8. The molecule has 3 aromatic rings. The van der Waals surface area contributed by atoms with E-state index in [1.165, 1.54) is 11.3 Å². The zero-order chi connectivity index (χ0) is 17.5. The summed E-state index contributed by atoms with van der Waals surface area (Å²) in [5.41, 5.74) is 2.16. The van der Waals surface area contributed by atoms with Gasteiger partial charge in [-0.3, -0.25) is 4.79 Å². The molecule has 5 nitrogen and oxygen atoms in total. The van der Waals surface area contributed by atoms with Gasteiger partial charge in [-0.15, -0.1) is 11.3 Å². The molecule has 0 radical (unpaired) electrons. The van der Waals surface area contributed by atoms with E-state index in [4.69, 9.17) is 9.47 Å². The maximum atomic E-state index is 13.1. The molecule has 0 fully saturated rings. The largest absolute Gasteiger partial charge is 0.486 e. The van der Waals surface area contributed by atoms with Gasteiger partial charge in [0.15, 0.2) is 11.5 Å². The molecule has 1 unspecified atom stereocenters. The highest BCUT2D eigenvalue weighted by Crippen LogP contribution is 2.39. The third-order valence-electron chi connectivity index (χ3n) is 4.91. The topological polar surface area (TPSA) is 43.7 Å². The van der Waals surface area contributed by atoms with Crippen molar-refractivity contribution in [3.63, 3.8) is 0 Å². The van der Waals surface area contributed by atoms with Crippen LogP contribution in [-0.2, 0) is 6.54 Å². The number of aromatic nitrogens is 1. The number of nitrogens with zero attached hydrogens (tertiary/aromatic N) is 2. The van der Waals surface area contributed by atoms with Gasteiger partial charge in [0.2, 0.25) is 0 Å². The van der Waals surface area contributed by atoms with Crippen molar-refractivity contribution in [2.24, 2.45) is 0 Å². The summed E-state index contributed by atoms with van der Waals surface area (Å²) in [5.74, 6) is 1.59. The van der Waals surface area contributed by atoms with Gasteiger partial charge >= 0.3 is 0 Å². The zero-order valence-corrected chi connectivity index (χ0v) is 14.9. The van der Waals surface area contributed by atoms with Gasteiger partial charge in [0.25, 0.3) is 5.91 Å². The summed E-state index contributed by atoms with van der Waals surface area (Å²) in [4.78, 5) is 15.9. The molecular formula is C20H18N2O3S. The SMILES string of the molecule is O=C(c1cccs1)N1CCn2cccc2C1c1ccc2c(c1)OCCO2. The number of rotatable bonds is 2. The van der Waals surface area contributed by atoms with Gasteiger partial charge in [-0.05, 0) is 41.3 Å². The summed E-state index contributed by atoms with van der Waals surface area (Å²) in [7, 11) is 0. The Morgan fingerprint density at radius 1 is 1.04 bits per heavy atom. The average Bonchev–Trinajstić information content (AvgIpc) is 3.38. The molecule has 0 N–H and O–H groups in total. The lowest BCUT2D eigenvalue weighted by Gasteiger charge is -2.37. The summed E-state index contributed by atoms with van der Waals surface area (Å²) in [6, 6.07) is 13.8. The molecule has 2 aliphatic heterocycles. The summed E-state index contributed by atoms with van der Waals surface area (Å²) in [6.07, 6.45) is 2.08. The van der Waals surface area contributed by atoms with E-state index in [0.29, 0.717) is 19.8 Å². The van der Waals surface area contributed by atoms with Crippen LogP contribution in [0.25, 0.3) is 0 Å². The molecule has 4 heterocycles. The molecule has 0 bridgehead atoms. The molecule has 2 aliphatic rings. The minimum absolute atomic E-state index is 0.0762. The average molecular weight is 366 g/mol. The van der Waals surface area contributed by atoms with Gasteiger partial charge in [-0.25, -0.2) is 0 Å². The molecule has 2 aromatic heterocycles. The molecule has 0 saturated heterocycles. The molecule has 6 heteroatoms. The second-order valence-corrected chi connectivity index (χ2v) is 7.36. The van der Waals surface area contributed by atoms with Crippen LogP contribution in [0.15, 0.2) is 54.0 Å². The van der Waals surface area contributed by atoms with Crippen molar-refractivity contribution in [3.05, 3.63) is 70.2 Å². The van der Waals surface area contributed by atoms with E-state index < -0.39 is 0 Å².